The third-order valence-corrected chi connectivity index (χ3v) is 7.69. The molecule has 6 nitrogen and oxygen atoms in total. The molecule has 3 heterocycles. The second-order valence-corrected chi connectivity index (χ2v) is 10.3. The van der Waals surface area contributed by atoms with Gasteiger partial charge in [-0.2, -0.15) is 13.2 Å². The average Bonchev–Trinajstić information content (AvgIpc) is 3.50. The molecule has 0 bridgehead atoms. The number of fused-ring (bicyclic) bond motifs is 1. The van der Waals surface area contributed by atoms with Gasteiger partial charge < -0.3 is 9.64 Å². The number of aryl methyl sites for hydroxylation is 1. The van der Waals surface area contributed by atoms with Gasteiger partial charge in [0.1, 0.15) is 0 Å². The zero-order chi connectivity index (χ0) is 26.7. The second kappa shape index (κ2) is 11.3. The minimum absolute atomic E-state index is 0.250. The zero-order valence-corrected chi connectivity index (χ0v) is 21.9. The van der Waals surface area contributed by atoms with Gasteiger partial charge in [0.2, 0.25) is 0 Å². The molecule has 38 heavy (non-hydrogen) atoms. The summed E-state index contributed by atoms with van der Waals surface area (Å²) >= 11 is 1.55. The number of amides is 1. The Morgan fingerprint density at radius 1 is 1.05 bits per heavy atom. The molecule has 1 aliphatic rings. The van der Waals surface area contributed by atoms with Crippen molar-refractivity contribution < 1.29 is 22.7 Å². The van der Waals surface area contributed by atoms with Crippen LogP contribution < -0.4 is 0 Å². The number of hydrogen-bond donors (Lipinski definition) is 0. The number of morpholine rings is 1. The largest absolute Gasteiger partial charge is 0.416 e. The highest BCUT2D eigenvalue weighted by Crippen LogP contribution is 2.29. The van der Waals surface area contributed by atoms with Gasteiger partial charge in [-0.15, -0.1) is 11.3 Å². The maximum Gasteiger partial charge on any atom is 0.416 e. The molecule has 2 aromatic heterocycles. The number of hydrogen-bond acceptors (Lipinski definition) is 5. The molecule has 1 aliphatic heterocycles. The van der Waals surface area contributed by atoms with Crippen LogP contribution in [0.1, 0.15) is 27.2 Å². The van der Waals surface area contributed by atoms with Gasteiger partial charge >= 0.3 is 6.18 Å². The predicted octanol–water partition coefficient (Wildman–Crippen LogP) is 5.41. The number of nitrogens with zero attached hydrogens (tertiary/aromatic N) is 4. The summed E-state index contributed by atoms with van der Waals surface area (Å²) < 4.78 is 46.5. The van der Waals surface area contributed by atoms with Crippen LogP contribution in [0.5, 0.6) is 0 Å². The molecule has 1 amide bonds. The number of thiazole rings is 1. The third kappa shape index (κ3) is 6.09. The van der Waals surface area contributed by atoms with E-state index in [-0.39, 0.29) is 11.5 Å². The zero-order valence-electron chi connectivity index (χ0n) is 21.1. The number of ether oxygens (including phenoxy) is 1. The summed E-state index contributed by atoms with van der Waals surface area (Å²) in [6.45, 7) is 6.55. The number of carbonyl (C=O) groups is 1. The number of carbonyl (C=O) groups excluding carboxylic acids is 1. The van der Waals surface area contributed by atoms with Gasteiger partial charge in [-0.1, -0.05) is 29.8 Å². The summed E-state index contributed by atoms with van der Waals surface area (Å²) in [7, 11) is 0. The predicted molar refractivity (Wildman–Crippen MR) is 142 cm³/mol. The SMILES string of the molecule is Cc1ccc(-c2cn3c(CCN(CCN4CCOCC4)C(=O)c4ccc(C(F)(F)F)cc4)csc3n2)cc1. The lowest BCUT2D eigenvalue weighted by molar-refractivity contribution is -0.137. The molecule has 200 valence electrons. The molecular weight excluding hydrogens is 513 g/mol. The number of aromatic nitrogens is 2. The molecule has 0 spiro atoms. The van der Waals surface area contributed by atoms with Crippen LogP contribution in [0, 0.1) is 6.92 Å². The highest BCUT2D eigenvalue weighted by Gasteiger charge is 2.30. The lowest BCUT2D eigenvalue weighted by Crippen LogP contribution is -2.43. The van der Waals surface area contributed by atoms with Crippen molar-refractivity contribution in [3.8, 4) is 11.3 Å². The lowest BCUT2D eigenvalue weighted by Gasteiger charge is -2.30. The first-order valence-corrected chi connectivity index (χ1v) is 13.4. The van der Waals surface area contributed by atoms with Gasteiger partial charge in [0.25, 0.3) is 5.91 Å². The molecule has 4 aromatic rings. The Bertz CT molecular complexity index is 1370. The molecule has 0 unspecified atom stereocenters. The van der Waals surface area contributed by atoms with Crippen molar-refractivity contribution in [3.63, 3.8) is 0 Å². The molecule has 0 aliphatic carbocycles. The first-order valence-electron chi connectivity index (χ1n) is 12.6. The van der Waals surface area contributed by atoms with Crippen LogP contribution in [0.3, 0.4) is 0 Å². The van der Waals surface area contributed by atoms with Crippen molar-refractivity contribution in [2.45, 2.75) is 19.5 Å². The molecule has 5 rings (SSSR count). The fourth-order valence-corrected chi connectivity index (χ4v) is 5.42. The highest BCUT2D eigenvalue weighted by molar-refractivity contribution is 7.15. The molecule has 0 saturated carbocycles. The van der Waals surface area contributed by atoms with E-state index in [1.54, 1.807) is 16.2 Å². The van der Waals surface area contributed by atoms with Crippen molar-refractivity contribution in [1.82, 2.24) is 19.2 Å². The molecule has 1 fully saturated rings. The number of alkyl halides is 3. The van der Waals surface area contributed by atoms with E-state index in [0.29, 0.717) is 39.3 Å². The Morgan fingerprint density at radius 2 is 1.76 bits per heavy atom. The summed E-state index contributed by atoms with van der Waals surface area (Å²) in [5.74, 6) is -0.274. The van der Waals surface area contributed by atoms with Crippen LogP contribution in [0.25, 0.3) is 16.2 Å². The molecule has 1 saturated heterocycles. The monoisotopic (exact) mass is 542 g/mol. The van der Waals surface area contributed by atoms with Crippen LogP contribution in [0.15, 0.2) is 60.1 Å². The summed E-state index contributed by atoms with van der Waals surface area (Å²) in [5, 5.41) is 2.05. The van der Waals surface area contributed by atoms with Gasteiger partial charge in [0.05, 0.1) is 24.5 Å². The van der Waals surface area contributed by atoms with Gasteiger partial charge in [0, 0.05) is 67.5 Å². The summed E-state index contributed by atoms with van der Waals surface area (Å²) in [4.78, 5) is 23.0. The van der Waals surface area contributed by atoms with Crippen LogP contribution >= 0.6 is 11.3 Å². The minimum Gasteiger partial charge on any atom is -0.379 e. The first kappa shape index (κ1) is 26.4. The lowest BCUT2D eigenvalue weighted by atomic mass is 10.1. The maximum atomic E-state index is 13.4. The van der Waals surface area contributed by atoms with Crippen LogP contribution in [0.4, 0.5) is 13.2 Å². The van der Waals surface area contributed by atoms with Crippen molar-refractivity contribution in [2.75, 3.05) is 45.9 Å². The van der Waals surface area contributed by atoms with Gasteiger partial charge in [0.15, 0.2) is 4.96 Å². The van der Waals surface area contributed by atoms with Crippen molar-refractivity contribution in [1.29, 1.82) is 0 Å². The second-order valence-electron chi connectivity index (χ2n) is 9.44. The Hall–Kier alpha value is -3.21. The van der Waals surface area contributed by atoms with E-state index in [9.17, 15) is 18.0 Å². The Balaban J connectivity index is 1.33. The molecule has 0 atom stereocenters. The van der Waals surface area contributed by atoms with Gasteiger partial charge in [-0.25, -0.2) is 4.98 Å². The summed E-state index contributed by atoms with van der Waals surface area (Å²) in [6, 6.07) is 12.7. The minimum atomic E-state index is -4.44. The van der Waals surface area contributed by atoms with E-state index in [4.69, 9.17) is 9.72 Å². The smallest absolute Gasteiger partial charge is 0.379 e. The van der Waals surface area contributed by atoms with Crippen molar-refractivity contribution in [3.05, 3.63) is 82.5 Å². The van der Waals surface area contributed by atoms with Crippen LogP contribution in [0.2, 0.25) is 0 Å². The van der Waals surface area contributed by atoms with E-state index in [1.165, 1.54) is 17.7 Å². The molecular formula is C28H29F3N4O2S. The van der Waals surface area contributed by atoms with E-state index in [1.807, 2.05) is 18.5 Å². The molecule has 2 aromatic carbocycles. The van der Waals surface area contributed by atoms with E-state index in [0.717, 1.165) is 47.1 Å². The fourth-order valence-electron chi connectivity index (χ4n) is 4.51. The molecule has 10 heteroatoms. The average molecular weight is 543 g/mol. The summed E-state index contributed by atoms with van der Waals surface area (Å²) in [6.07, 6.45) is -1.83. The van der Waals surface area contributed by atoms with Crippen molar-refractivity contribution in [2.24, 2.45) is 0 Å². The topological polar surface area (TPSA) is 50.1 Å². The third-order valence-electron chi connectivity index (χ3n) is 6.80. The van der Waals surface area contributed by atoms with E-state index >= 15 is 0 Å². The molecule has 0 radical (unpaired) electrons. The Morgan fingerprint density at radius 3 is 2.45 bits per heavy atom. The van der Waals surface area contributed by atoms with Gasteiger partial charge in [-0.3, -0.25) is 14.1 Å². The van der Waals surface area contributed by atoms with Crippen LogP contribution in [-0.2, 0) is 17.3 Å². The number of benzene rings is 2. The van der Waals surface area contributed by atoms with E-state index in [2.05, 4.69) is 33.6 Å². The number of rotatable bonds is 8. The Labute approximate surface area is 223 Å². The first-order chi connectivity index (χ1) is 18.3. The molecule has 0 N–H and O–H groups in total. The maximum absolute atomic E-state index is 13.4. The number of imidazole rings is 1. The standard InChI is InChI=1S/C28H29F3N4O2S/c1-20-2-4-21(5-3-20)25-18-35-24(19-38-27(35)32-25)10-11-34(13-12-33-14-16-37-17-15-33)26(36)22-6-8-23(9-7-22)28(29,30)31/h2-9,18-19H,10-17H2,1H3. The van der Waals surface area contributed by atoms with Crippen molar-refractivity contribution >= 4 is 22.2 Å². The van der Waals surface area contributed by atoms with Gasteiger partial charge in [-0.05, 0) is 31.2 Å². The normalized spacial score (nSPS) is 14.7. The quantitative estimate of drug-likeness (QED) is 0.299. The Kier molecular flexibility index (Phi) is 7.83. The summed E-state index contributed by atoms with van der Waals surface area (Å²) in [5.41, 5.74) is 3.64. The van der Waals surface area contributed by atoms with E-state index < -0.39 is 11.7 Å². The number of halogens is 3. The fraction of sp³-hybridized carbons (Fsp3) is 0.357. The highest BCUT2D eigenvalue weighted by atomic mass is 32.1. The van der Waals surface area contributed by atoms with Crippen LogP contribution in [-0.4, -0.2) is 71.0 Å².